The van der Waals surface area contributed by atoms with Crippen LogP contribution in [0.5, 0.6) is 0 Å². The largest absolute Gasteiger partial charge is 0.316 e. The topological polar surface area (TPSA) is 58.2 Å². The van der Waals surface area contributed by atoms with Gasteiger partial charge in [0, 0.05) is 6.54 Å². The number of terminal acetylenes is 1. The van der Waals surface area contributed by atoms with Gasteiger partial charge in [0.25, 0.3) is 0 Å². The van der Waals surface area contributed by atoms with Gasteiger partial charge in [0.2, 0.25) is 10.0 Å². The standard InChI is InChI=1S/C13H18N2O2S/c1-4-12(5-2)15-18(16,17)13-8-6-11(7-9-13)10-14-3/h1,6-9,12,14-15H,5,10H2,2-3H3. The first kappa shape index (κ1) is 14.7. The average molecular weight is 266 g/mol. The molecule has 0 fully saturated rings. The fourth-order valence-electron chi connectivity index (χ4n) is 1.48. The van der Waals surface area contributed by atoms with Gasteiger partial charge in [0.15, 0.2) is 0 Å². The molecule has 0 amide bonds. The molecule has 1 aromatic carbocycles. The number of sulfonamides is 1. The lowest BCUT2D eigenvalue weighted by molar-refractivity contribution is 0.570. The second-order valence-electron chi connectivity index (χ2n) is 3.92. The second-order valence-corrected chi connectivity index (χ2v) is 5.64. The van der Waals surface area contributed by atoms with Gasteiger partial charge in [-0.05, 0) is 31.2 Å². The summed E-state index contributed by atoms with van der Waals surface area (Å²) in [7, 11) is -1.69. The molecule has 98 valence electrons. The minimum atomic E-state index is -3.53. The van der Waals surface area contributed by atoms with Crippen LogP contribution in [0.2, 0.25) is 0 Å². The maximum Gasteiger partial charge on any atom is 0.241 e. The minimum Gasteiger partial charge on any atom is -0.316 e. The van der Waals surface area contributed by atoms with Crippen LogP contribution in [0.4, 0.5) is 0 Å². The molecule has 1 rings (SSSR count). The van der Waals surface area contributed by atoms with Crippen molar-refractivity contribution in [3.05, 3.63) is 29.8 Å². The Balaban J connectivity index is 2.89. The van der Waals surface area contributed by atoms with E-state index in [2.05, 4.69) is 16.0 Å². The van der Waals surface area contributed by atoms with Crippen LogP contribution in [0.1, 0.15) is 18.9 Å². The van der Waals surface area contributed by atoms with Gasteiger partial charge in [-0.2, -0.15) is 4.72 Å². The summed E-state index contributed by atoms with van der Waals surface area (Å²) in [6, 6.07) is 6.26. The minimum absolute atomic E-state index is 0.232. The summed E-state index contributed by atoms with van der Waals surface area (Å²) in [4.78, 5) is 0.232. The smallest absolute Gasteiger partial charge is 0.241 e. The number of hydrogen-bond donors (Lipinski definition) is 2. The summed E-state index contributed by atoms with van der Waals surface area (Å²) in [6.07, 6.45) is 5.81. The monoisotopic (exact) mass is 266 g/mol. The summed E-state index contributed by atoms with van der Waals surface area (Å²) in [6.45, 7) is 2.54. The molecule has 2 N–H and O–H groups in total. The SMILES string of the molecule is C#CC(CC)NS(=O)(=O)c1ccc(CNC)cc1. The van der Waals surface area contributed by atoms with Crippen LogP contribution in [0, 0.1) is 12.3 Å². The normalized spacial score (nSPS) is 12.9. The molecule has 0 bridgehead atoms. The molecular weight excluding hydrogens is 248 g/mol. The quantitative estimate of drug-likeness (QED) is 0.758. The fourth-order valence-corrected chi connectivity index (χ4v) is 2.72. The number of hydrogen-bond acceptors (Lipinski definition) is 3. The maximum absolute atomic E-state index is 12.0. The van der Waals surface area contributed by atoms with Gasteiger partial charge >= 0.3 is 0 Å². The van der Waals surface area contributed by atoms with E-state index >= 15 is 0 Å². The number of rotatable bonds is 6. The molecular formula is C13H18N2O2S. The Bertz CT molecular complexity index is 515. The molecule has 0 aliphatic heterocycles. The van der Waals surface area contributed by atoms with Gasteiger partial charge in [-0.1, -0.05) is 25.0 Å². The Morgan fingerprint density at radius 3 is 2.39 bits per heavy atom. The van der Waals surface area contributed by atoms with Crippen molar-refractivity contribution in [3.8, 4) is 12.3 Å². The van der Waals surface area contributed by atoms with Crippen LogP contribution < -0.4 is 10.0 Å². The van der Waals surface area contributed by atoms with Crippen molar-refractivity contribution >= 4 is 10.0 Å². The van der Waals surface area contributed by atoms with Crippen LogP contribution in [-0.4, -0.2) is 21.5 Å². The lowest BCUT2D eigenvalue weighted by atomic mass is 10.2. The van der Waals surface area contributed by atoms with Crippen molar-refractivity contribution < 1.29 is 8.42 Å². The number of benzene rings is 1. The predicted molar refractivity (Wildman–Crippen MR) is 72.4 cm³/mol. The second kappa shape index (κ2) is 6.55. The van der Waals surface area contributed by atoms with Gasteiger partial charge in [-0.25, -0.2) is 8.42 Å². The van der Waals surface area contributed by atoms with E-state index in [1.54, 1.807) is 24.3 Å². The van der Waals surface area contributed by atoms with Crippen molar-refractivity contribution in [2.45, 2.75) is 30.8 Å². The molecule has 1 unspecified atom stereocenters. The van der Waals surface area contributed by atoms with E-state index in [1.807, 2.05) is 14.0 Å². The molecule has 1 aromatic rings. The van der Waals surface area contributed by atoms with Crippen molar-refractivity contribution in [1.29, 1.82) is 0 Å². The molecule has 0 aliphatic carbocycles. The summed E-state index contributed by atoms with van der Waals surface area (Å²) < 4.78 is 26.5. The third-order valence-corrected chi connectivity index (χ3v) is 4.01. The molecule has 18 heavy (non-hydrogen) atoms. The van der Waals surface area contributed by atoms with E-state index in [0.717, 1.165) is 5.56 Å². The molecule has 1 atom stereocenters. The van der Waals surface area contributed by atoms with Crippen molar-refractivity contribution in [1.82, 2.24) is 10.0 Å². The molecule has 0 heterocycles. The third-order valence-electron chi connectivity index (χ3n) is 2.52. The fraction of sp³-hybridized carbons (Fsp3) is 0.385. The first-order valence-corrected chi connectivity index (χ1v) is 7.23. The Morgan fingerprint density at radius 2 is 1.94 bits per heavy atom. The van der Waals surface area contributed by atoms with E-state index in [-0.39, 0.29) is 4.90 Å². The molecule has 5 heteroatoms. The van der Waals surface area contributed by atoms with Crippen LogP contribution >= 0.6 is 0 Å². The molecule has 4 nitrogen and oxygen atoms in total. The maximum atomic E-state index is 12.0. The number of nitrogens with one attached hydrogen (secondary N) is 2. The highest BCUT2D eigenvalue weighted by atomic mass is 32.2. The van der Waals surface area contributed by atoms with Crippen molar-refractivity contribution in [3.63, 3.8) is 0 Å². The van der Waals surface area contributed by atoms with Crippen molar-refractivity contribution in [2.75, 3.05) is 7.05 Å². The molecule has 0 radical (unpaired) electrons. The predicted octanol–water partition coefficient (Wildman–Crippen LogP) is 1.10. The van der Waals surface area contributed by atoms with Gasteiger partial charge in [-0.15, -0.1) is 6.42 Å². The van der Waals surface area contributed by atoms with Crippen LogP contribution in [0.25, 0.3) is 0 Å². The molecule has 0 aliphatic rings. The lowest BCUT2D eigenvalue weighted by Gasteiger charge is -2.11. The van der Waals surface area contributed by atoms with Gasteiger partial charge in [-0.3, -0.25) is 0 Å². The third kappa shape index (κ3) is 3.84. The van der Waals surface area contributed by atoms with E-state index in [4.69, 9.17) is 6.42 Å². The van der Waals surface area contributed by atoms with Gasteiger partial charge in [0.05, 0.1) is 10.9 Å². The van der Waals surface area contributed by atoms with Gasteiger partial charge in [0.1, 0.15) is 0 Å². The molecule has 0 saturated carbocycles. The highest BCUT2D eigenvalue weighted by Gasteiger charge is 2.17. The molecule has 0 spiro atoms. The lowest BCUT2D eigenvalue weighted by Crippen LogP contribution is -2.33. The first-order valence-electron chi connectivity index (χ1n) is 5.75. The highest BCUT2D eigenvalue weighted by Crippen LogP contribution is 2.11. The summed E-state index contributed by atoms with van der Waals surface area (Å²) in [5, 5.41) is 3.00. The summed E-state index contributed by atoms with van der Waals surface area (Å²) in [5.74, 6) is 2.41. The van der Waals surface area contributed by atoms with Crippen LogP contribution in [0.15, 0.2) is 29.2 Å². The zero-order chi connectivity index (χ0) is 13.6. The first-order chi connectivity index (χ1) is 8.53. The Kier molecular flexibility index (Phi) is 5.35. The zero-order valence-corrected chi connectivity index (χ0v) is 11.4. The van der Waals surface area contributed by atoms with Crippen molar-refractivity contribution in [2.24, 2.45) is 0 Å². The van der Waals surface area contributed by atoms with Crippen LogP contribution in [-0.2, 0) is 16.6 Å². The van der Waals surface area contributed by atoms with E-state index < -0.39 is 16.1 Å². The zero-order valence-electron chi connectivity index (χ0n) is 10.6. The summed E-state index contributed by atoms with van der Waals surface area (Å²) in [5.41, 5.74) is 1.03. The van der Waals surface area contributed by atoms with E-state index in [1.165, 1.54) is 0 Å². The molecule has 0 aromatic heterocycles. The highest BCUT2D eigenvalue weighted by molar-refractivity contribution is 7.89. The van der Waals surface area contributed by atoms with E-state index in [9.17, 15) is 8.42 Å². The summed E-state index contributed by atoms with van der Waals surface area (Å²) >= 11 is 0. The average Bonchev–Trinajstić information content (AvgIpc) is 2.37. The van der Waals surface area contributed by atoms with Crippen LogP contribution in [0.3, 0.4) is 0 Å². The molecule has 0 saturated heterocycles. The van der Waals surface area contributed by atoms with Gasteiger partial charge < -0.3 is 5.32 Å². The Hall–Kier alpha value is -1.35. The Labute approximate surface area is 109 Å². The van der Waals surface area contributed by atoms with E-state index in [0.29, 0.717) is 13.0 Å². The Morgan fingerprint density at radius 1 is 1.33 bits per heavy atom.